The van der Waals surface area contributed by atoms with Crippen LogP contribution in [0.15, 0.2) is 212 Å². The summed E-state index contributed by atoms with van der Waals surface area (Å²) in [6.07, 6.45) is 0. The van der Waals surface area contributed by atoms with E-state index < -0.39 is 0 Å². The van der Waals surface area contributed by atoms with Gasteiger partial charge in [0.2, 0.25) is 0 Å². The molecule has 0 amide bonds. The Hall–Kier alpha value is -8.73. The first-order chi connectivity index (χ1) is 30.6. The summed E-state index contributed by atoms with van der Waals surface area (Å²) in [7, 11) is 0. The number of aromatic nitrogens is 6. The molecule has 0 unspecified atom stereocenters. The molecule has 8 aromatic carbocycles. The van der Waals surface area contributed by atoms with Crippen LogP contribution < -0.4 is 0 Å². The quantitative estimate of drug-likeness (QED) is 0.143. The Morgan fingerprint density at radius 3 is 1.05 bits per heavy atom. The highest BCUT2D eigenvalue weighted by molar-refractivity contribution is 5.84. The fraction of sp³-hybridized carbons (Fsp3) is 0. The van der Waals surface area contributed by atoms with E-state index in [4.69, 9.17) is 29.9 Å². The number of benzene rings is 8. The van der Waals surface area contributed by atoms with Gasteiger partial charge in [-0.2, -0.15) is 5.26 Å². The standard InChI is InChI=1S/C55H35N7/c56-36-37-26-28-38(29-27-37)45-21-13-23-47(35-45)54-60-52(42-18-8-3-9-19-42)61-55(62-54)49-25-11-10-24-48(49)46-22-12-20-44(34-46)39-30-32-43(33-31-39)53-58-50(40-14-4-1-5-15-40)57-51(59-53)41-16-6-2-7-17-41/h1-35H. The summed E-state index contributed by atoms with van der Waals surface area (Å²) in [6.45, 7) is 0. The van der Waals surface area contributed by atoms with Gasteiger partial charge in [-0.05, 0) is 57.6 Å². The Morgan fingerprint density at radius 1 is 0.242 bits per heavy atom. The molecule has 62 heavy (non-hydrogen) atoms. The molecule has 0 bridgehead atoms. The topological polar surface area (TPSA) is 101 Å². The first-order valence-corrected chi connectivity index (χ1v) is 20.3. The van der Waals surface area contributed by atoms with E-state index in [1.807, 2.05) is 140 Å². The van der Waals surface area contributed by atoms with E-state index in [2.05, 4.69) is 78.9 Å². The number of nitrogens with zero attached hydrogens (tertiary/aromatic N) is 7. The van der Waals surface area contributed by atoms with Crippen molar-refractivity contribution < 1.29 is 0 Å². The third-order valence-corrected chi connectivity index (χ3v) is 10.7. The molecule has 0 spiro atoms. The van der Waals surface area contributed by atoms with E-state index in [0.29, 0.717) is 40.5 Å². The van der Waals surface area contributed by atoms with Crippen LogP contribution in [-0.2, 0) is 0 Å². The van der Waals surface area contributed by atoms with Crippen LogP contribution in [0.4, 0.5) is 0 Å². The smallest absolute Gasteiger partial charge is 0.164 e. The zero-order valence-corrected chi connectivity index (χ0v) is 33.3. The molecule has 0 aliphatic carbocycles. The second-order valence-corrected chi connectivity index (χ2v) is 14.7. The maximum atomic E-state index is 9.33. The van der Waals surface area contributed by atoms with Gasteiger partial charge in [-0.1, -0.05) is 188 Å². The summed E-state index contributed by atoms with van der Waals surface area (Å²) < 4.78 is 0. The van der Waals surface area contributed by atoms with Gasteiger partial charge in [0.1, 0.15) is 0 Å². The molecule has 10 rings (SSSR count). The summed E-state index contributed by atoms with van der Waals surface area (Å²) in [5, 5.41) is 9.33. The molecule has 7 nitrogen and oxygen atoms in total. The minimum Gasteiger partial charge on any atom is -0.208 e. The van der Waals surface area contributed by atoms with E-state index in [9.17, 15) is 5.26 Å². The molecule has 0 N–H and O–H groups in total. The highest BCUT2D eigenvalue weighted by Gasteiger charge is 2.17. The van der Waals surface area contributed by atoms with Gasteiger partial charge in [0.25, 0.3) is 0 Å². The van der Waals surface area contributed by atoms with Crippen LogP contribution in [-0.4, -0.2) is 29.9 Å². The van der Waals surface area contributed by atoms with Crippen molar-refractivity contribution >= 4 is 0 Å². The van der Waals surface area contributed by atoms with E-state index in [-0.39, 0.29) is 0 Å². The summed E-state index contributed by atoms with van der Waals surface area (Å²) in [5.74, 6) is 3.59. The van der Waals surface area contributed by atoms with Crippen molar-refractivity contribution in [2.75, 3.05) is 0 Å². The third kappa shape index (κ3) is 7.87. The summed E-state index contributed by atoms with van der Waals surface area (Å²) in [4.78, 5) is 29.9. The molecule has 10 aromatic rings. The van der Waals surface area contributed by atoms with E-state index in [1.165, 1.54) is 0 Å². The average molecular weight is 794 g/mol. The highest BCUT2D eigenvalue weighted by Crippen LogP contribution is 2.36. The van der Waals surface area contributed by atoms with Crippen LogP contribution in [0.3, 0.4) is 0 Å². The van der Waals surface area contributed by atoms with Crippen LogP contribution in [0, 0.1) is 11.3 Å². The summed E-state index contributed by atoms with van der Waals surface area (Å²) in [6, 6.07) is 73.1. The lowest BCUT2D eigenvalue weighted by molar-refractivity contribution is 1.07. The fourth-order valence-electron chi connectivity index (χ4n) is 7.46. The predicted octanol–water partition coefficient (Wildman–Crippen LogP) is 12.9. The van der Waals surface area contributed by atoms with Crippen LogP contribution in [0.1, 0.15) is 5.56 Å². The van der Waals surface area contributed by atoms with Crippen molar-refractivity contribution in [3.8, 4) is 108 Å². The SMILES string of the molecule is N#Cc1ccc(-c2cccc(-c3nc(-c4ccccc4)nc(-c4ccccc4-c4cccc(-c5ccc(-c6nc(-c7ccccc7)nc(-c7ccccc7)n6)cc5)c4)n3)c2)cc1. The van der Waals surface area contributed by atoms with Crippen LogP contribution >= 0.6 is 0 Å². The molecule has 0 atom stereocenters. The normalized spacial score (nSPS) is 10.9. The Labute approximate surface area is 359 Å². The first-order valence-electron chi connectivity index (χ1n) is 20.3. The molecule has 7 heteroatoms. The Balaban J connectivity index is 1.01. The van der Waals surface area contributed by atoms with Gasteiger partial charge < -0.3 is 0 Å². The lowest BCUT2D eigenvalue weighted by Crippen LogP contribution is -2.01. The monoisotopic (exact) mass is 793 g/mol. The lowest BCUT2D eigenvalue weighted by atomic mass is 9.95. The summed E-state index contributed by atoms with van der Waals surface area (Å²) >= 11 is 0. The zero-order chi connectivity index (χ0) is 41.7. The molecule has 2 aromatic heterocycles. The predicted molar refractivity (Wildman–Crippen MR) is 247 cm³/mol. The van der Waals surface area contributed by atoms with Gasteiger partial charge in [0.15, 0.2) is 34.9 Å². The van der Waals surface area contributed by atoms with Crippen molar-refractivity contribution in [1.82, 2.24) is 29.9 Å². The molecule has 0 aliphatic rings. The average Bonchev–Trinajstić information content (AvgIpc) is 3.37. The molecule has 2 heterocycles. The number of hydrogen-bond donors (Lipinski definition) is 0. The minimum absolute atomic E-state index is 0.568. The second kappa shape index (κ2) is 16.9. The second-order valence-electron chi connectivity index (χ2n) is 14.7. The van der Waals surface area contributed by atoms with Gasteiger partial charge in [0.05, 0.1) is 11.6 Å². The van der Waals surface area contributed by atoms with Crippen molar-refractivity contribution in [1.29, 1.82) is 5.26 Å². The van der Waals surface area contributed by atoms with Crippen LogP contribution in [0.5, 0.6) is 0 Å². The van der Waals surface area contributed by atoms with Crippen molar-refractivity contribution in [3.63, 3.8) is 0 Å². The molecule has 0 saturated carbocycles. The van der Waals surface area contributed by atoms with Gasteiger partial charge in [0, 0.05) is 33.4 Å². The Kier molecular flexibility index (Phi) is 10.2. The number of hydrogen-bond acceptors (Lipinski definition) is 7. The van der Waals surface area contributed by atoms with Gasteiger partial charge in [-0.3, -0.25) is 0 Å². The molecule has 0 aliphatic heterocycles. The maximum absolute atomic E-state index is 9.33. The van der Waals surface area contributed by atoms with E-state index >= 15 is 0 Å². The number of rotatable bonds is 9. The molecular weight excluding hydrogens is 759 g/mol. The van der Waals surface area contributed by atoms with Gasteiger partial charge in [-0.25, -0.2) is 29.9 Å². The fourth-order valence-corrected chi connectivity index (χ4v) is 7.46. The molecule has 0 fully saturated rings. The van der Waals surface area contributed by atoms with Crippen molar-refractivity contribution in [3.05, 3.63) is 218 Å². The minimum atomic E-state index is 0.568. The molecule has 0 radical (unpaired) electrons. The van der Waals surface area contributed by atoms with Crippen LogP contribution in [0.2, 0.25) is 0 Å². The lowest BCUT2D eigenvalue weighted by Gasteiger charge is -2.13. The van der Waals surface area contributed by atoms with Gasteiger partial charge in [-0.15, -0.1) is 0 Å². The largest absolute Gasteiger partial charge is 0.208 e. The third-order valence-electron chi connectivity index (χ3n) is 10.7. The molecule has 0 saturated heterocycles. The van der Waals surface area contributed by atoms with E-state index in [1.54, 1.807) is 0 Å². The Bertz CT molecular complexity index is 3160. The van der Waals surface area contributed by atoms with Crippen molar-refractivity contribution in [2.45, 2.75) is 0 Å². The molecule has 290 valence electrons. The van der Waals surface area contributed by atoms with Gasteiger partial charge >= 0.3 is 0 Å². The maximum Gasteiger partial charge on any atom is 0.164 e. The first kappa shape index (κ1) is 37.5. The Morgan fingerprint density at radius 2 is 0.565 bits per heavy atom. The number of nitriles is 1. The van der Waals surface area contributed by atoms with Crippen LogP contribution in [0.25, 0.3) is 102 Å². The molecular formula is C55H35N7. The zero-order valence-electron chi connectivity index (χ0n) is 33.3. The summed E-state index contributed by atoms with van der Waals surface area (Å²) in [5.41, 5.74) is 12.2. The highest BCUT2D eigenvalue weighted by atomic mass is 15.0. The van der Waals surface area contributed by atoms with E-state index in [0.717, 1.165) is 66.8 Å². The van der Waals surface area contributed by atoms with Crippen molar-refractivity contribution in [2.24, 2.45) is 0 Å².